The van der Waals surface area contributed by atoms with E-state index in [9.17, 15) is 0 Å². The van der Waals surface area contributed by atoms with E-state index in [0.29, 0.717) is 6.61 Å². The second-order valence-electron chi connectivity index (χ2n) is 3.91. The van der Waals surface area contributed by atoms with E-state index in [4.69, 9.17) is 4.74 Å². The predicted molar refractivity (Wildman–Crippen MR) is 80.2 cm³/mol. The van der Waals surface area contributed by atoms with Gasteiger partial charge in [-0.15, -0.1) is 11.3 Å². The number of hydrogen-bond acceptors (Lipinski definition) is 3. The molecule has 0 amide bonds. The quantitative estimate of drug-likeness (QED) is 0.859. The van der Waals surface area contributed by atoms with Gasteiger partial charge in [0, 0.05) is 11.0 Å². The van der Waals surface area contributed by atoms with E-state index in [1.807, 2.05) is 18.2 Å². The van der Waals surface area contributed by atoms with Crippen LogP contribution in [0.3, 0.4) is 0 Å². The Balaban J connectivity index is 1.95. The fourth-order valence-electron chi connectivity index (χ4n) is 1.59. The maximum absolute atomic E-state index is 5.80. The number of nitrogens with one attached hydrogen (secondary N) is 1. The van der Waals surface area contributed by atoms with Crippen molar-refractivity contribution >= 4 is 27.3 Å². The molecule has 96 valence electrons. The van der Waals surface area contributed by atoms with Crippen LogP contribution in [-0.2, 0) is 13.2 Å². The molecule has 0 aliphatic heterocycles. The molecule has 0 fully saturated rings. The van der Waals surface area contributed by atoms with Gasteiger partial charge in [0.05, 0.1) is 4.88 Å². The molecule has 0 spiro atoms. The van der Waals surface area contributed by atoms with Gasteiger partial charge in [-0.25, -0.2) is 0 Å². The summed E-state index contributed by atoms with van der Waals surface area (Å²) in [6.45, 7) is 4.58. The van der Waals surface area contributed by atoms with E-state index in [1.165, 1.54) is 10.4 Å². The number of benzene rings is 1. The smallest absolute Gasteiger partial charge is 0.124 e. The summed E-state index contributed by atoms with van der Waals surface area (Å²) in [6.07, 6.45) is 0. The lowest BCUT2D eigenvalue weighted by molar-refractivity contribution is 0.309. The highest BCUT2D eigenvalue weighted by Crippen LogP contribution is 2.24. The van der Waals surface area contributed by atoms with Gasteiger partial charge in [-0.3, -0.25) is 0 Å². The highest BCUT2D eigenvalue weighted by atomic mass is 79.9. The first kappa shape index (κ1) is 13.6. The summed E-state index contributed by atoms with van der Waals surface area (Å²) in [7, 11) is 0. The summed E-state index contributed by atoms with van der Waals surface area (Å²) in [4.78, 5) is 1.21. The molecular formula is C14H16BrNOS. The van der Waals surface area contributed by atoms with Crippen molar-refractivity contribution in [3.8, 4) is 5.75 Å². The second-order valence-corrected chi connectivity index (χ2v) is 5.76. The first-order valence-corrected chi connectivity index (χ1v) is 7.61. The van der Waals surface area contributed by atoms with Crippen LogP contribution in [0.1, 0.15) is 17.4 Å². The number of halogens is 1. The maximum Gasteiger partial charge on any atom is 0.124 e. The third-order valence-corrected chi connectivity index (χ3v) is 4.44. The molecule has 2 rings (SSSR count). The SMILES string of the molecule is CCNCc1cccc(OCc2sccc2Br)c1. The Hall–Kier alpha value is -0.840. The van der Waals surface area contributed by atoms with Gasteiger partial charge >= 0.3 is 0 Å². The molecule has 1 aromatic carbocycles. The van der Waals surface area contributed by atoms with Crippen LogP contribution in [0.25, 0.3) is 0 Å². The highest BCUT2D eigenvalue weighted by Gasteiger charge is 2.02. The van der Waals surface area contributed by atoms with Crippen LogP contribution in [0.5, 0.6) is 5.75 Å². The van der Waals surface area contributed by atoms with Gasteiger partial charge in [-0.1, -0.05) is 19.1 Å². The second kappa shape index (κ2) is 6.92. The molecule has 1 N–H and O–H groups in total. The largest absolute Gasteiger partial charge is 0.488 e. The van der Waals surface area contributed by atoms with Gasteiger partial charge in [0.1, 0.15) is 12.4 Å². The number of hydrogen-bond donors (Lipinski definition) is 1. The fraction of sp³-hybridized carbons (Fsp3) is 0.286. The van der Waals surface area contributed by atoms with Crippen LogP contribution in [0.4, 0.5) is 0 Å². The van der Waals surface area contributed by atoms with Crippen LogP contribution in [0, 0.1) is 0 Å². The lowest BCUT2D eigenvalue weighted by atomic mass is 10.2. The number of thiophene rings is 1. The molecule has 0 saturated carbocycles. The zero-order valence-electron chi connectivity index (χ0n) is 10.3. The maximum atomic E-state index is 5.80. The molecule has 0 unspecified atom stereocenters. The van der Waals surface area contributed by atoms with E-state index in [2.05, 4.69) is 45.7 Å². The molecule has 4 heteroatoms. The van der Waals surface area contributed by atoms with Gasteiger partial charge < -0.3 is 10.1 Å². The molecule has 2 aromatic rings. The molecule has 18 heavy (non-hydrogen) atoms. The summed E-state index contributed by atoms with van der Waals surface area (Å²) in [5, 5.41) is 5.37. The van der Waals surface area contributed by atoms with Gasteiger partial charge in [-0.2, -0.15) is 0 Å². The third kappa shape index (κ3) is 3.83. The van der Waals surface area contributed by atoms with Crippen molar-refractivity contribution in [1.82, 2.24) is 5.32 Å². The van der Waals surface area contributed by atoms with Crippen molar-refractivity contribution in [2.45, 2.75) is 20.1 Å². The van der Waals surface area contributed by atoms with Crippen molar-refractivity contribution in [3.63, 3.8) is 0 Å². The Labute approximate surface area is 120 Å². The predicted octanol–water partition coefficient (Wildman–Crippen LogP) is 4.20. The van der Waals surface area contributed by atoms with Gasteiger partial charge in [-0.05, 0) is 51.6 Å². The lowest BCUT2D eigenvalue weighted by Gasteiger charge is -2.08. The van der Waals surface area contributed by atoms with Gasteiger partial charge in [0.15, 0.2) is 0 Å². The van der Waals surface area contributed by atoms with E-state index in [0.717, 1.165) is 23.3 Å². The topological polar surface area (TPSA) is 21.3 Å². The minimum atomic E-state index is 0.614. The van der Waals surface area contributed by atoms with Crippen LogP contribution >= 0.6 is 27.3 Å². The summed E-state index contributed by atoms with van der Waals surface area (Å²) in [5.74, 6) is 0.922. The van der Waals surface area contributed by atoms with Crippen LogP contribution in [-0.4, -0.2) is 6.54 Å². The zero-order chi connectivity index (χ0) is 12.8. The average Bonchev–Trinajstić information content (AvgIpc) is 2.80. The number of ether oxygens (including phenoxy) is 1. The Bertz CT molecular complexity index is 498. The molecule has 2 nitrogen and oxygen atoms in total. The monoisotopic (exact) mass is 325 g/mol. The van der Waals surface area contributed by atoms with E-state index in [-0.39, 0.29) is 0 Å². The summed E-state index contributed by atoms with van der Waals surface area (Å²) in [6, 6.07) is 10.3. The van der Waals surface area contributed by atoms with Crippen molar-refractivity contribution in [3.05, 3.63) is 50.6 Å². The van der Waals surface area contributed by atoms with Crippen LogP contribution < -0.4 is 10.1 Å². The summed E-state index contributed by atoms with van der Waals surface area (Å²) in [5.41, 5.74) is 1.25. The molecule has 0 atom stereocenters. The molecule has 0 saturated heterocycles. The normalized spacial score (nSPS) is 10.6. The third-order valence-electron chi connectivity index (χ3n) is 2.54. The summed E-state index contributed by atoms with van der Waals surface area (Å²) >= 11 is 5.21. The molecule has 0 bridgehead atoms. The first-order valence-electron chi connectivity index (χ1n) is 5.94. The first-order chi connectivity index (χ1) is 8.79. The Morgan fingerprint density at radius 3 is 2.94 bits per heavy atom. The van der Waals surface area contributed by atoms with E-state index in [1.54, 1.807) is 11.3 Å². The van der Waals surface area contributed by atoms with Gasteiger partial charge in [0.25, 0.3) is 0 Å². The molecule has 1 heterocycles. The standard InChI is InChI=1S/C14H16BrNOS/c1-2-16-9-11-4-3-5-12(8-11)17-10-14-13(15)6-7-18-14/h3-8,16H,2,9-10H2,1H3. The number of rotatable bonds is 6. The van der Waals surface area contributed by atoms with E-state index >= 15 is 0 Å². The Kier molecular flexibility index (Phi) is 5.23. The van der Waals surface area contributed by atoms with Crippen molar-refractivity contribution in [2.24, 2.45) is 0 Å². The molecule has 0 aliphatic carbocycles. The minimum absolute atomic E-state index is 0.614. The Morgan fingerprint density at radius 1 is 1.33 bits per heavy atom. The molecular weight excluding hydrogens is 310 g/mol. The van der Waals surface area contributed by atoms with Crippen LogP contribution in [0.15, 0.2) is 40.2 Å². The summed E-state index contributed by atoms with van der Waals surface area (Å²) < 4.78 is 6.93. The lowest BCUT2D eigenvalue weighted by Crippen LogP contribution is -2.11. The van der Waals surface area contributed by atoms with Crippen molar-refractivity contribution < 1.29 is 4.74 Å². The molecule has 0 radical (unpaired) electrons. The van der Waals surface area contributed by atoms with Gasteiger partial charge in [0.2, 0.25) is 0 Å². The molecule has 0 aliphatic rings. The minimum Gasteiger partial charge on any atom is -0.488 e. The van der Waals surface area contributed by atoms with Crippen molar-refractivity contribution in [2.75, 3.05) is 6.54 Å². The fourth-order valence-corrected chi connectivity index (χ4v) is 2.97. The molecule has 1 aromatic heterocycles. The van der Waals surface area contributed by atoms with Crippen LogP contribution in [0.2, 0.25) is 0 Å². The highest BCUT2D eigenvalue weighted by molar-refractivity contribution is 9.10. The van der Waals surface area contributed by atoms with E-state index < -0.39 is 0 Å². The average molecular weight is 326 g/mol. The van der Waals surface area contributed by atoms with Crippen molar-refractivity contribution in [1.29, 1.82) is 0 Å². The zero-order valence-corrected chi connectivity index (χ0v) is 12.7. The Morgan fingerprint density at radius 2 is 2.22 bits per heavy atom.